The van der Waals surface area contributed by atoms with Crippen molar-refractivity contribution < 1.29 is 4.79 Å². The van der Waals surface area contributed by atoms with Gasteiger partial charge in [-0.2, -0.15) is 5.10 Å². The molecule has 7 heteroatoms. The van der Waals surface area contributed by atoms with Gasteiger partial charge in [-0.15, -0.1) is 11.8 Å². The first kappa shape index (κ1) is 22.2. The van der Waals surface area contributed by atoms with Gasteiger partial charge in [-0.1, -0.05) is 60.1 Å². The fraction of sp³-hybridized carbons (Fsp3) is 0.0741. The van der Waals surface area contributed by atoms with E-state index in [4.69, 9.17) is 11.6 Å². The second kappa shape index (κ2) is 9.71. The lowest BCUT2D eigenvalue weighted by Gasteiger charge is -2.11. The number of carbonyl (C=O) groups is 1. The number of aromatic nitrogens is 3. The van der Waals surface area contributed by atoms with Crippen LogP contribution in [0, 0.1) is 0 Å². The largest absolute Gasteiger partial charge is 0.322 e. The number of halogens is 1. The van der Waals surface area contributed by atoms with E-state index in [0.29, 0.717) is 16.5 Å². The highest BCUT2D eigenvalue weighted by Crippen LogP contribution is 2.34. The van der Waals surface area contributed by atoms with Gasteiger partial charge in [0.2, 0.25) is 0 Å². The Bertz CT molecular complexity index is 1480. The first-order valence-corrected chi connectivity index (χ1v) is 12.1. The molecule has 3 aromatic carbocycles. The molecule has 0 aliphatic heterocycles. The fourth-order valence-corrected chi connectivity index (χ4v) is 5.12. The monoisotopic (exact) mass is 484 g/mol. The molecule has 2 aromatic heterocycles. The van der Waals surface area contributed by atoms with Crippen LogP contribution in [0.1, 0.15) is 15.9 Å². The van der Waals surface area contributed by atoms with Gasteiger partial charge in [-0.05, 0) is 47.2 Å². The Kier molecular flexibility index (Phi) is 6.34. The number of fused-ring (bicyclic) bond motifs is 1. The summed E-state index contributed by atoms with van der Waals surface area (Å²) in [4.78, 5) is 18.5. The molecule has 0 saturated heterocycles. The van der Waals surface area contributed by atoms with Crippen LogP contribution in [-0.4, -0.2) is 20.7 Å². The number of nitrogens with one attached hydrogen (secondary N) is 1. The van der Waals surface area contributed by atoms with Crippen molar-refractivity contribution >= 4 is 45.7 Å². The molecule has 1 amide bonds. The van der Waals surface area contributed by atoms with E-state index in [0.717, 1.165) is 38.3 Å². The molecule has 168 valence electrons. The van der Waals surface area contributed by atoms with Crippen LogP contribution in [0.4, 0.5) is 5.69 Å². The molecule has 0 unspecified atom stereocenters. The zero-order valence-electron chi connectivity index (χ0n) is 18.4. The van der Waals surface area contributed by atoms with E-state index in [1.54, 1.807) is 22.6 Å². The average molecular weight is 485 g/mol. The number of carbonyl (C=O) groups excluding carboxylic acids is 1. The van der Waals surface area contributed by atoms with Gasteiger partial charge < -0.3 is 5.32 Å². The standard InChI is InChI=1S/C27H21ClN4OS/c1-32-26(28)22(25(31-32)23-11-6-7-15-29-23)17-34-24-12-5-4-10-21(24)27(33)30-20-14-13-18-8-2-3-9-19(18)16-20/h2-16H,17H2,1H3,(H,30,33). The molecule has 0 aliphatic rings. The van der Waals surface area contributed by atoms with E-state index >= 15 is 0 Å². The second-order valence-corrected chi connectivity index (χ2v) is 9.13. The molecule has 0 atom stereocenters. The molecule has 1 N–H and O–H groups in total. The molecular formula is C27H21ClN4OS. The summed E-state index contributed by atoms with van der Waals surface area (Å²) in [5, 5.41) is 10.4. The summed E-state index contributed by atoms with van der Waals surface area (Å²) in [6, 6.07) is 27.3. The van der Waals surface area contributed by atoms with Crippen LogP contribution >= 0.6 is 23.4 Å². The fourth-order valence-electron chi connectivity index (χ4n) is 3.78. The predicted molar refractivity (Wildman–Crippen MR) is 139 cm³/mol. The zero-order valence-corrected chi connectivity index (χ0v) is 20.0. The maximum atomic E-state index is 13.2. The summed E-state index contributed by atoms with van der Waals surface area (Å²) in [5.41, 5.74) is 3.77. The third-order valence-electron chi connectivity index (χ3n) is 5.49. The molecule has 5 nitrogen and oxygen atoms in total. The maximum absolute atomic E-state index is 13.2. The molecule has 5 rings (SSSR count). The van der Waals surface area contributed by atoms with Gasteiger partial charge >= 0.3 is 0 Å². The number of hydrogen-bond donors (Lipinski definition) is 1. The highest BCUT2D eigenvalue weighted by molar-refractivity contribution is 7.98. The molecule has 0 saturated carbocycles. The Morgan fingerprint density at radius 1 is 0.971 bits per heavy atom. The highest BCUT2D eigenvalue weighted by atomic mass is 35.5. The number of rotatable bonds is 6. The number of pyridine rings is 1. The smallest absolute Gasteiger partial charge is 0.256 e. The van der Waals surface area contributed by atoms with Crippen molar-refractivity contribution in [2.24, 2.45) is 7.05 Å². The minimum atomic E-state index is -0.152. The van der Waals surface area contributed by atoms with Crippen LogP contribution < -0.4 is 5.32 Å². The van der Waals surface area contributed by atoms with Crippen molar-refractivity contribution in [2.45, 2.75) is 10.6 Å². The summed E-state index contributed by atoms with van der Waals surface area (Å²) in [6.45, 7) is 0. The van der Waals surface area contributed by atoms with E-state index in [2.05, 4.69) is 21.5 Å². The average Bonchev–Trinajstić information content (AvgIpc) is 3.16. The summed E-state index contributed by atoms with van der Waals surface area (Å²) in [7, 11) is 1.81. The first-order chi connectivity index (χ1) is 16.6. The quantitative estimate of drug-likeness (QED) is 0.268. The van der Waals surface area contributed by atoms with Crippen LogP contribution in [0.15, 0.2) is 96.0 Å². The Hall–Kier alpha value is -3.61. The Morgan fingerprint density at radius 3 is 2.56 bits per heavy atom. The van der Waals surface area contributed by atoms with Crippen molar-refractivity contribution in [2.75, 3.05) is 5.32 Å². The third kappa shape index (κ3) is 4.55. The SMILES string of the molecule is Cn1nc(-c2ccccn2)c(CSc2ccccc2C(=O)Nc2ccc3ccccc3c2)c1Cl. The van der Waals surface area contributed by atoms with Crippen molar-refractivity contribution in [3.63, 3.8) is 0 Å². The summed E-state index contributed by atoms with van der Waals surface area (Å²) >= 11 is 8.12. The minimum Gasteiger partial charge on any atom is -0.322 e. The Balaban J connectivity index is 1.38. The molecular weight excluding hydrogens is 464 g/mol. The lowest BCUT2D eigenvalue weighted by Crippen LogP contribution is -2.13. The van der Waals surface area contributed by atoms with Gasteiger partial charge in [0.05, 0.1) is 11.3 Å². The maximum Gasteiger partial charge on any atom is 0.256 e. The molecule has 0 fully saturated rings. The molecule has 2 heterocycles. The number of anilines is 1. The Morgan fingerprint density at radius 2 is 1.74 bits per heavy atom. The van der Waals surface area contributed by atoms with E-state index < -0.39 is 0 Å². The number of benzene rings is 3. The van der Waals surface area contributed by atoms with E-state index in [1.165, 1.54) is 0 Å². The number of amides is 1. The van der Waals surface area contributed by atoms with Crippen LogP contribution in [0.5, 0.6) is 0 Å². The third-order valence-corrected chi connectivity index (χ3v) is 7.06. The summed E-state index contributed by atoms with van der Waals surface area (Å²) in [6.07, 6.45) is 1.74. The van der Waals surface area contributed by atoms with Gasteiger partial charge in [0, 0.05) is 35.1 Å². The predicted octanol–water partition coefficient (Wildman–Crippen LogP) is 6.83. The van der Waals surface area contributed by atoms with Gasteiger partial charge in [-0.25, -0.2) is 0 Å². The Labute approximate surface area is 206 Å². The van der Waals surface area contributed by atoms with Crippen molar-refractivity contribution in [3.8, 4) is 11.4 Å². The van der Waals surface area contributed by atoms with Crippen LogP contribution in [0.2, 0.25) is 5.15 Å². The molecule has 0 bridgehead atoms. The lowest BCUT2D eigenvalue weighted by atomic mass is 10.1. The first-order valence-electron chi connectivity index (χ1n) is 10.7. The summed E-state index contributed by atoms with van der Waals surface area (Å²) < 4.78 is 1.65. The van der Waals surface area contributed by atoms with Crippen LogP contribution in [-0.2, 0) is 12.8 Å². The van der Waals surface area contributed by atoms with Gasteiger partial charge in [0.15, 0.2) is 0 Å². The molecule has 0 radical (unpaired) electrons. The van der Waals surface area contributed by atoms with E-state index in [1.807, 2.05) is 85.9 Å². The zero-order chi connectivity index (χ0) is 23.5. The van der Waals surface area contributed by atoms with Gasteiger partial charge in [0.25, 0.3) is 5.91 Å². The molecule has 0 spiro atoms. The molecule has 0 aliphatic carbocycles. The van der Waals surface area contributed by atoms with Crippen molar-refractivity contribution in [1.82, 2.24) is 14.8 Å². The molecule has 5 aromatic rings. The summed E-state index contributed by atoms with van der Waals surface area (Å²) in [5.74, 6) is 0.402. The van der Waals surface area contributed by atoms with Crippen LogP contribution in [0.25, 0.3) is 22.2 Å². The van der Waals surface area contributed by atoms with Gasteiger partial charge in [-0.3, -0.25) is 14.5 Å². The topological polar surface area (TPSA) is 59.8 Å². The highest BCUT2D eigenvalue weighted by Gasteiger charge is 2.19. The normalized spacial score (nSPS) is 11.0. The number of aryl methyl sites for hydroxylation is 1. The van der Waals surface area contributed by atoms with Gasteiger partial charge in [0.1, 0.15) is 10.8 Å². The number of thioether (sulfide) groups is 1. The molecule has 34 heavy (non-hydrogen) atoms. The second-order valence-electron chi connectivity index (χ2n) is 7.76. The lowest BCUT2D eigenvalue weighted by molar-refractivity contribution is 0.102. The van der Waals surface area contributed by atoms with E-state index in [9.17, 15) is 4.79 Å². The van der Waals surface area contributed by atoms with Crippen molar-refractivity contribution in [3.05, 3.63) is 107 Å². The van der Waals surface area contributed by atoms with Crippen molar-refractivity contribution in [1.29, 1.82) is 0 Å². The van der Waals surface area contributed by atoms with Crippen LogP contribution in [0.3, 0.4) is 0 Å². The number of hydrogen-bond acceptors (Lipinski definition) is 4. The van der Waals surface area contributed by atoms with E-state index in [-0.39, 0.29) is 5.91 Å². The number of nitrogens with zero attached hydrogens (tertiary/aromatic N) is 3. The minimum absolute atomic E-state index is 0.152.